The summed E-state index contributed by atoms with van der Waals surface area (Å²) in [5, 5.41) is 2.98. The number of hydrogen-bond acceptors (Lipinski definition) is 2. The van der Waals surface area contributed by atoms with Crippen LogP contribution in [-0.2, 0) is 7.05 Å². The maximum Gasteiger partial charge on any atom is 0.251 e. The summed E-state index contributed by atoms with van der Waals surface area (Å²) >= 11 is 0. The van der Waals surface area contributed by atoms with Crippen LogP contribution in [0.2, 0.25) is 0 Å². The van der Waals surface area contributed by atoms with Gasteiger partial charge in [-0.1, -0.05) is 0 Å². The standard InChI is InChI=1S/C12H13N3O/c1-15-7-13-10-5-2-8(6-11(10)15)12(16)14-9-3-4-9/h2,5-7,9H,3-4H2,1H3,(H,14,16). The maximum atomic E-state index is 11.8. The summed E-state index contributed by atoms with van der Waals surface area (Å²) in [5.74, 6) is 0.0191. The fourth-order valence-corrected chi connectivity index (χ4v) is 1.76. The Kier molecular flexibility index (Phi) is 1.96. The Bertz CT molecular complexity index is 554. The van der Waals surface area contributed by atoms with Gasteiger partial charge in [-0.15, -0.1) is 0 Å². The van der Waals surface area contributed by atoms with Crippen molar-refractivity contribution in [3.8, 4) is 0 Å². The number of aryl methyl sites for hydroxylation is 1. The van der Waals surface area contributed by atoms with Gasteiger partial charge in [-0.2, -0.15) is 0 Å². The van der Waals surface area contributed by atoms with Crippen molar-refractivity contribution in [3.05, 3.63) is 30.1 Å². The molecular formula is C12H13N3O. The lowest BCUT2D eigenvalue weighted by atomic mass is 10.2. The van der Waals surface area contributed by atoms with Crippen LogP contribution in [0.1, 0.15) is 23.2 Å². The molecule has 2 aromatic rings. The summed E-state index contributed by atoms with van der Waals surface area (Å²) in [5.41, 5.74) is 2.62. The number of rotatable bonds is 2. The molecule has 0 unspecified atom stereocenters. The fourth-order valence-electron chi connectivity index (χ4n) is 1.76. The molecule has 1 saturated carbocycles. The van der Waals surface area contributed by atoms with Gasteiger partial charge >= 0.3 is 0 Å². The molecule has 1 aliphatic rings. The van der Waals surface area contributed by atoms with Gasteiger partial charge in [-0.05, 0) is 31.0 Å². The summed E-state index contributed by atoms with van der Waals surface area (Å²) in [6, 6.07) is 6.00. The molecule has 0 atom stereocenters. The minimum atomic E-state index is 0.0191. The lowest BCUT2D eigenvalue weighted by Crippen LogP contribution is -2.25. The Morgan fingerprint density at radius 1 is 1.50 bits per heavy atom. The van der Waals surface area contributed by atoms with E-state index >= 15 is 0 Å². The molecule has 0 saturated heterocycles. The van der Waals surface area contributed by atoms with Crippen molar-refractivity contribution in [2.24, 2.45) is 7.05 Å². The van der Waals surface area contributed by atoms with Crippen molar-refractivity contribution >= 4 is 16.9 Å². The number of imidazole rings is 1. The van der Waals surface area contributed by atoms with Crippen LogP contribution < -0.4 is 5.32 Å². The Labute approximate surface area is 93.3 Å². The Balaban J connectivity index is 1.96. The average Bonchev–Trinajstić information content (AvgIpc) is 3.02. The molecule has 0 radical (unpaired) electrons. The lowest BCUT2D eigenvalue weighted by molar-refractivity contribution is 0.0951. The molecule has 1 amide bonds. The van der Waals surface area contributed by atoms with Crippen molar-refractivity contribution < 1.29 is 4.79 Å². The third-order valence-corrected chi connectivity index (χ3v) is 2.90. The van der Waals surface area contributed by atoms with Crippen molar-refractivity contribution in [2.75, 3.05) is 0 Å². The highest BCUT2D eigenvalue weighted by Crippen LogP contribution is 2.20. The summed E-state index contributed by atoms with van der Waals surface area (Å²) in [6.45, 7) is 0. The smallest absolute Gasteiger partial charge is 0.251 e. The summed E-state index contributed by atoms with van der Waals surface area (Å²) in [6.07, 6.45) is 3.98. The average molecular weight is 215 g/mol. The first-order chi connectivity index (χ1) is 7.74. The van der Waals surface area contributed by atoms with Gasteiger partial charge in [0.2, 0.25) is 0 Å². The number of carbonyl (C=O) groups excluding carboxylic acids is 1. The van der Waals surface area contributed by atoms with Crippen LogP contribution in [0.25, 0.3) is 11.0 Å². The van der Waals surface area contributed by atoms with E-state index in [9.17, 15) is 4.79 Å². The zero-order valence-corrected chi connectivity index (χ0v) is 9.10. The lowest BCUT2D eigenvalue weighted by Gasteiger charge is -2.03. The molecular weight excluding hydrogens is 202 g/mol. The number of aromatic nitrogens is 2. The van der Waals surface area contributed by atoms with Gasteiger partial charge in [0.25, 0.3) is 5.91 Å². The van der Waals surface area contributed by atoms with Crippen LogP contribution in [0.5, 0.6) is 0 Å². The molecule has 4 nitrogen and oxygen atoms in total. The fraction of sp³-hybridized carbons (Fsp3) is 0.333. The number of nitrogens with one attached hydrogen (secondary N) is 1. The van der Waals surface area contributed by atoms with E-state index in [1.807, 2.05) is 29.8 Å². The maximum absolute atomic E-state index is 11.8. The van der Waals surface area contributed by atoms with E-state index in [2.05, 4.69) is 10.3 Å². The van der Waals surface area contributed by atoms with Gasteiger partial charge in [-0.3, -0.25) is 4.79 Å². The Morgan fingerprint density at radius 2 is 2.31 bits per heavy atom. The second kappa shape index (κ2) is 3.33. The van der Waals surface area contributed by atoms with Crippen molar-refractivity contribution in [1.29, 1.82) is 0 Å². The van der Waals surface area contributed by atoms with Crippen LogP contribution in [0.3, 0.4) is 0 Å². The molecule has 1 aromatic carbocycles. The molecule has 0 spiro atoms. The van der Waals surface area contributed by atoms with E-state index in [1.54, 1.807) is 6.33 Å². The predicted molar refractivity (Wildman–Crippen MR) is 61.2 cm³/mol. The first-order valence-corrected chi connectivity index (χ1v) is 5.46. The van der Waals surface area contributed by atoms with E-state index in [0.29, 0.717) is 11.6 Å². The van der Waals surface area contributed by atoms with Crippen LogP contribution in [0.4, 0.5) is 0 Å². The molecule has 0 bridgehead atoms. The minimum absolute atomic E-state index is 0.0191. The monoisotopic (exact) mass is 215 g/mol. The van der Waals surface area contributed by atoms with Crippen molar-refractivity contribution in [1.82, 2.24) is 14.9 Å². The molecule has 1 fully saturated rings. The van der Waals surface area contributed by atoms with Gasteiger partial charge in [-0.25, -0.2) is 4.98 Å². The number of amides is 1. The predicted octanol–water partition coefficient (Wildman–Crippen LogP) is 1.47. The summed E-state index contributed by atoms with van der Waals surface area (Å²) < 4.78 is 1.92. The number of nitrogens with zero attached hydrogens (tertiary/aromatic N) is 2. The Morgan fingerprint density at radius 3 is 3.06 bits per heavy atom. The molecule has 3 rings (SSSR count). The number of hydrogen-bond donors (Lipinski definition) is 1. The second-order valence-electron chi connectivity index (χ2n) is 4.31. The normalized spacial score (nSPS) is 15.3. The molecule has 16 heavy (non-hydrogen) atoms. The van der Waals surface area contributed by atoms with E-state index in [1.165, 1.54) is 0 Å². The third-order valence-electron chi connectivity index (χ3n) is 2.90. The molecule has 1 aliphatic carbocycles. The van der Waals surface area contributed by atoms with Gasteiger partial charge in [0.1, 0.15) is 0 Å². The second-order valence-corrected chi connectivity index (χ2v) is 4.31. The van der Waals surface area contributed by atoms with E-state index in [4.69, 9.17) is 0 Å². The van der Waals surface area contributed by atoms with E-state index in [0.717, 1.165) is 23.9 Å². The SMILES string of the molecule is Cn1cnc2ccc(C(=O)NC3CC3)cc21. The van der Waals surface area contributed by atoms with Gasteiger partial charge in [0.15, 0.2) is 0 Å². The topological polar surface area (TPSA) is 46.9 Å². The molecule has 0 aliphatic heterocycles. The number of carbonyl (C=O) groups is 1. The van der Waals surface area contributed by atoms with Gasteiger partial charge in [0.05, 0.1) is 17.4 Å². The zero-order chi connectivity index (χ0) is 11.1. The van der Waals surface area contributed by atoms with Gasteiger partial charge < -0.3 is 9.88 Å². The first kappa shape index (κ1) is 9.39. The first-order valence-electron chi connectivity index (χ1n) is 5.46. The molecule has 1 heterocycles. The highest BCUT2D eigenvalue weighted by molar-refractivity contribution is 5.97. The van der Waals surface area contributed by atoms with Crippen LogP contribution in [0.15, 0.2) is 24.5 Å². The molecule has 82 valence electrons. The van der Waals surface area contributed by atoms with Gasteiger partial charge in [0, 0.05) is 18.7 Å². The highest BCUT2D eigenvalue weighted by Gasteiger charge is 2.23. The van der Waals surface area contributed by atoms with Crippen LogP contribution in [0, 0.1) is 0 Å². The molecule has 4 heteroatoms. The van der Waals surface area contributed by atoms with Crippen LogP contribution >= 0.6 is 0 Å². The summed E-state index contributed by atoms with van der Waals surface area (Å²) in [4.78, 5) is 16.1. The number of fused-ring (bicyclic) bond motifs is 1. The van der Waals surface area contributed by atoms with E-state index in [-0.39, 0.29) is 5.91 Å². The van der Waals surface area contributed by atoms with Crippen molar-refractivity contribution in [3.63, 3.8) is 0 Å². The minimum Gasteiger partial charge on any atom is -0.349 e. The quantitative estimate of drug-likeness (QED) is 0.824. The zero-order valence-electron chi connectivity index (χ0n) is 9.10. The third kappa shape index (κ3) is 1.56. The summed E-state index contributed by atoms with van der Waals surface area (Å²) in [7, 11) is 1.93. The molecule has 1 aromatic heterocycles. The largest absolute Gasteiger partial charge is 0.349 e. The number of benzene rings is 1. The Hall–Kier alpha value is -1.84. The van der Waals surface area contributed by atoms with Crippen LogP contribution in [-0.4, -0.2) is 21.5 Å². The molecule has 1 N–H and O–H groups in total. The van der Waals surface area contributed by atoms with Crippen molar-refractivity contribution in [2.45, 2.75) is 18.9 Å². The van der Waals surface area contributed by atoms with E-state index < -0.39 is 0 Å². The highest BCUT2D eigenvalue weighted by atomic mass is 16.1.